The van der Waals surface area contributed by atoms with Gasteiger partial charge in [-0.1, -0.05) is 11.6 Å². The molecule has 2 atom stereocenters. The molecule has 0 saturated carbocycles. The monoisotopic (exact) mass is 440 g/mol. The summed E-state index contributed by atoms with van der Waals surface area (Å²) in [4.78, 5) is 15.0. The third-order valence-corrected chi connectivity index (χ3v) is 5.98. The molecule has 30 heavy (non-hydrogen) atoms. The van der Waals surface area contributed by atoms with Crippen LogP contribution in [0.3, 0.4) is 0 Å². The van der Waals surface area contributed by atoms with Gasteiger partial charge in [0, 0.05) is 49.5 Å². The molecule has 0 spiro atoms. The summed E-state index contributed by atoms with van der Waals surface area (Å²) >= 11 is 6.17. The van der Waals surface area contributed by atoms with E-state index in [1.54, 1.807) is 12.1 Å². The number of carbonyl (C=O) groups excluding carboxylic acids is 1. The predicted octanol–water partition coefficient (Wildman–Crippen LogP) is 1.68. The number of halogens is 1. The fourth-order valence-electron chi connectivity index (χ4n) is 4.08. The van der Waals surface area contributed by atoms with E-state index in [1.807, 2.05) is 0 Å². The van der Waals surface area contributed by atoms with Gasteiger partial charge in [0.1, 0.15) is 0 Å². The van der Waals surface area contributed by atoms with Gasteiger partial charge >= 0.3 is 0 Å². The number of β-amino-alcohol motifs (C(OH)–C–C–N with tert-alkyl or cyclic N) is 1. The van der Waals surface area contributed by atoms with Crippen LogP contribution in [-0.2, 0) is 9.47 Å². The van der Waals surface area contributed by atoms with Crippen molar-refractivity contribution < 1.29 is 28.8 Å². The van der Waals surface area contributed by atoms with Crippen LogP contribution in [0.5, 0.6) is 11.5 Å². The average molecular weight is 441 g/mol. The highest BCUT2D eigenvalue weighted by atomic mass is 35.5. The average Bonchev–Trinajstić information content (AvgIpc) is 3.15. The van der Waals surface area contributed by atoms with E-state index in [9.17, 15) is 9.90 Å². The molecule has 2 N–H and O–H groups in total. The van der Waals surface area contributed by atoms with E-state index >= 15 is 0 Å². The molecule has 8 nitrogen and oxygen atoms in total. The minimum absolute atomic E-state index is 0.000799. The lowest BCUT2D eigenvalue weighted by molar-refractivity contribution is -0.0576. The van der Waals surface area contributed by atoms with Gasteiger partial charge in [0.25, 0.3) is 5.91 Å². The van der Waals surface area contributed by atoms with Crippen molar-refractivity contribution in [2.75, 3.05) is 52.6 Å². The summed E-state index contributed by atoms with van der Waals surface area (Å²) in [7, 11) is 0. The SMILES string of the molecule is O=C(NC[C@@H]1CCN(CCC2OCCO2)C[C@H]1O)c1cc(Cl)cc2c1OCCCO2. The number of rotatable bonds is 6. The zero-order chi connectivity index (χ0) is 20.9. The predicted molar refractivity (Wildman–Crippen MR) is 110 cm³/mol. The van der Waals surface area contributed by atoms with Crippen LogP contribution in [0.15, 0.2) is 12.1 Å². The largest absolute Gasteiger partial charge is 0.489 e. The Morgan fingerprint density at radius 1 is 1.20 bits per heavy atom. The first-order chi connectivity index (χ1) is 14.6. The van der Waals surface area contributed by atoms with Crippen molar-refractivity contribution in [1.29, 1.82) is 0 Å². The van der Waals surface area contributed by atoms with E-state index in [0.29, 0.717) is 61.6 Å². The molecule has 0 bridgehead atoms. The number of nitrogens with one attached hydrogen (secondary N) is 1. The lowest BCUT2D eigenvalue weighted by atomic mass is 9.93. The van der Waals surface area contributed by atoms with Crippen LogP contribution in [-0.4, -0.2) is 80.9 Å². The number of nitrogens with zero attached hydrogens (tertiary/aromatic N) is 1. The number of aliphatic hydroxyl groups is 1. The van der Waals surface area contributed by atoms with Gasteiger partial charge in [0.2, 0.25) is 0 Å². The first-order valence-corrected chi connectivity index (χ1v) is 11.0. The zero-order valence-corrected chi connectivity index (χ0v) is 17.7. The Bertz CT molecular complexity index is 742. The maximum Gasteiger partial charge on any atom is 0.255 e. The van der Waals surface area contributed by atoms with Crippen LogP contribution in [0.4, 0.5) is 0 Å². The Labute approximate surface area is 181 Å². The second-order valence-corrected chi connectivity index (χ2v) is 8.35. The number of aliphatic hydroxyl groups excluding tert-OH is 1. The van der Waals surface area contributed by atoms with Gasteiger partial charge in [0.15, 0.2) is 17.8 Å². The molecule has 9 heteroatoms. The zero-order valence-electron chi connectivity index (χ0n) is 17.0. The van der Waals surface area contributed by atoms with E-state index in [-0.39, 0.29) is 18.1 Å². The topological polar surface area (TPSA) is 89.5 Å². The molecular formula is C21H29ClN2O6. The first kappa shape index (κ1) is 21.6. The second-order valence-electron chi connectivity index (χ2n) is 7.92. The van der Waals surface area contributed by atoms with Crippen LogP contribution in [0.2, 0.25) is 5.02 Å². The Morgan fingerprint density at radius 3 is 2.80 bits per heavy atom. The number of benzene rings is 1. The van der Waals surface area contributed by atoms with Gasteiger partial charge in [-0.2, -0.15) is 0 Å². The number of ether oxygens (including phenoxy) is 4. The maximum absolute atomic E-state index is 12.8. The number of hydrogen-bond acceptors (Lipinski definition) is 7. The Balaban J connectivity index is 1.29. The van der Waals surface area contributed by atoms with Gasteiger partial charge in [-0.25, -0.2) is 0 Å². The molecule has 3 aliphatic heterocycles. The molecule has 0 unspecified atom stereocenters. The molecule has 2 saturated heterocycles. The lowest BCUT2D eigenvalue weighted by Crippen LogP contribution is -2.48. The number of amides is 1. The third kappa shape index (κ3) is 5.36. The van der Waals surface area contributed by atoms with Crippen molar-refractivity contribution in [3.8, 4) is 11.5 Å². The molecule has 3 heterocycles. The normalized spacial score (nSPS) is 25.1. The first-order valence-electron chi connectivity index (χ1n) is 10.6. The maximum atomic E-state index is 12.8. The number of fused-ring (bicyclic) bond motifs is 1. The van der Waals surface area contributed by atoms with Crippen molar-refractivity contribution in [3.05, 3.63) is 22.7 Å². The number of hydrogen-bond donors (Lipinski definition) is 2. The summed E-state index contributed by atoms with van der Waals surface area (Å²) in [6, 6.07) is 3.26. The Morgan fingerprint density at radius 2 is 2.00 bits per heavy atom. The van der Waals surface area contributed by atoms with Crippen LogP contribution in [0.25, 0.3) is 0 Å². The molecule has 166 valence electrons. The molecule has 0 radical (unpaired) electrons. The smallest absolute Gasteiger partial charge is 0.255 e. The van der Waals surface area contributed by atoms with Crippen LogP contribution in [0.1, 0.15) is 29.6 Å². The minimum atomic E-state index is -0.500. The molecule has 0 aromatic heterocycles. The van der Waals surface area contributed by atoms with Gasteiger partial charge in [-0.15, -0.1) is 0 Å². The highest BCUT2D eigenvalue weighted by molar-refractivity contribution is 6.31. The Kier molecular flexibility index (Phi) is 7.32. The van der Waals surface area contributed by atoms with Crippen LogP contribution in [0, 0.1) is 5.92 Å². The van der Waals surface area contributed by atoms with Crippen molar-refractivity contribution >= 4 is 17.5 Å². The van der Waals surface area contributed by atoms with Gasteiger partial charge in [0.05, 0.1) is 38.1 Å². The van der Waals surface area contributed by atoms with E-state index in [1.165, 1.54) is 0 Å². The fourth-order valence-corrected chi connectivity index (χ4v) is 4.28. The molecule has 1 amide bonds. The van der Waals surface area contributed by atoms with E-state index < -0.39 is 6.10 Å². The fraction of sp³-hybridized carbons (Fsp3) is 0.667. The van der Waals surface area contributed by atoms with Crippen molar-refractivity contribution in [3.63, 3.8) is 0 Å². The molecule has 4 rings (SSSR count). The summed E-state index contributed by atoms with van der Waals surface area (Å²) in [5.41, 5.74) is 0.364. The summed E-state index contributed by atoms with van der Waals surface area (Å²) in [5, 5.41) is 13.9. The van der Waals surface area contributed by atoms with Crippen LogP contribution >= 0.6 is 11.6 Å². The van der Waals surface area contributed by atoms with Gasteiger partial charge in [-0.05, 0) is 19.0 Å². The number of likely N-dealkylation sites (tertiary alicyclic amines) is 1. The second kappa shape index (κ2) is 10.2. The molecule has 1 aromatic rings. The summed E-state index contributed by atoms with van der Waals surface area (Å²) < 4.78 is 22.3. The third-order valence-electron chi connectivity index (χ3n) is 5.76. The molecule has 0 aliphatic carbocycles. The summed E-state index contributed by atoms with van der Waals surface area (Å²) in [6.07, 6.45) is 1.73. The number of piperidine rings is 1. The van der Waals surface area contributed by atoms with Gasteiger partial charge in [-0.3, -0.25) is 4.79 Å². The van der Waals surface area contributed by atoms with Crippen molar-refractivity contribution in [2.45, 2.75) is 31.7 Å². The van der Waals surface area contributed by atoms with E-state index in [4.69, 9.17) is 30.5 Å². The standard InChI is InChI=1S/C21H29ClN2O6/c22-15-10-16(20-18(11-15)27-6-1-7-30-20)21(26)23-12-14-2-4-24(13-17(14)25)5-3-19-28-8-9-29-19/h10-11,14,17,19,25H,1-9,12-13H2,(H,23,26)/t14-,17+/m0/s1. The molecular weight excluding hydrogens is 412 g/mol. The highest BCUT2D eigenvalue weighted by Crippen LogP contribution is 2.36. The molecule has 2 fully saturated rings. The van der Waals surface area contributed by atoms with Crippen molar-refractivity contribution in [1.82, 2.24) is 10.2 Å². The molecule has 1 aromatic carbocycles. The van der Waals surface area contributed by atoms with Gasteiger partial charge < -0.3 is 34.3 Å². The minimum Gasteiger partial charge on any atom is -0.489 e. The van der Waals surface area contributed by atoms with Crippen LogP contribution < -0.4 is 14.8 Å². The highest BCUT2D eigenvalue weighted by Gasteiger charge is 2.29. The van der Waals surface area contributed by atoms with E-state index in [2.05, 4.69) is 10.2 Å². The Hall–Kier alpha value is -1.58. The van der Waals surface area contributed by atoms with E-state index in [0.717, 1.165) is 32.4 Å². The summed E-state index contributed by atoms with van der Waals surface area (Å²) in [5.74, 6) is 0.651. The lowest BCUT2D eigenvalue weighted by Gasteiger charge is -2.36. The van der Waals surface area contributed by atoms with Crippen molar-refractivity contribution in [2.24, 2.45) is 5.92 Å². The number of carbonyl (C=O) groups is 1. The summed E-state index contributed by atoms with van der Waals surface area (Å²) in [6.45, 7) is 4.99. The molecule has 3 aliphatic rings. The quantitative estimate of drug-likeness (QED) is 0.695.